The molecule has 0 aliphatic carbocycles. The number of aryl methyl sites for hydroxylation is 1. The zero-order valence-electron chi connectivity index (χ0n) is 18.7. The maximum atomic E-state index is 13.3. The SMILES string of the molecule is CCc1ccc(N2C(=O)C(=O)C(=C(O)c3ccccc3)[C@@H]2c2cc(OC)ccc2OC)cc1. The number of hydrogen-bond donors (Lipinski definition) is 1. The third kappa shape index (κ3) is 3.96. The van der Waals surface area contributed by atoms with Gasteiger partial charge in [0.25, 0.3) is 11.7 Å². The molecule has 1 aliphatic rings. The number of benzene rings is 3. The number of aliphatic hydroxyl groups is 1. The molecule has 6 nitrogen and oxygen atoms in total. The summed E-state index contributed by atoms with van der Waals surface area (Å²) in [4.78, 5) is 28.0. The summed E-state index contributed by atoms with van der Waals surface area (Å²) in [5.74, 6) is -0.705. The minimum absolute atomic E-state index is 0.00248. The van der Waals surface area contributed by atoms with E-state index in [0.29, 0.717) is 28.3 Å². The van der Waals surface area contributed by atoms with E-state index in [1.54, 1.807) is 42.5 Å². The number of methoxy groups -OCH3 is 2. The van der Waals surface area contributed by atoms with Gasteiger partial charge < -0.3 is 14.6 Å². The highest BCUT2D eigenvalue weighted by Crippen LogP contribution is 2.45. The first-order valence-electron chi connectivity index (χ1n) is 10.7. The highest BCUT2D eigenvalue weighted by Gasteiger charge is 2.48. The Morgan fingerprint density at radius 1 is 0.939 bits per heavy atom. The summed E-state index contributed by atoms with van der Waals surface area (Å²) in [6, 6.07) is 20.5. The summed E-state index contributed by atoms with van der Waals surface area (Å²) >= 11 is 0. The van der Waals surface area contributed by atoms with E-state index in [4.69, 9.17) is 9.47 Å². The van der Waals surface area contributed by atoms with Crippen LogP contribution in [-0.4, -0.2) is 31.0 Å². The van der Waals surface area contributed by atoms with Crippen LogP contribution in [0, 0.1) is 0 Å². The fraction of sp³-hybridized carbons (Fsp3) is 0.185. The molecule has 33 heavy (non-hydrogen) atoms. The Kier molecular flexibility index (Phi) is 6.18. The second-order valence-corrected chi connectivity index (χ2v) is 7.66. The number of Topliss-reactive ketones (excluding diaryl/α,β-unsaturated/α-hetero) is 1. The molecule has 1 saturated heterocycles. The fourth-order valence-electron chi connectivity index (χ4n) is 4.09. The fourth-order valence-corrected chi connectivity index (χ4v) is 4.09. The average Bonchev–Trinajstić information content (AvgIpc) is 3.13. The maximum Gasteiger partial charge on any atom is 0.300 e. The largest absolute Gasteiger partial charge is 0.507 e. The molecule has 1 fully saturated rings. The van der Waals surface area contributed by atoms with Crippen molar-refractivity contribution in [3.05, 3.63) is 95.1 Å². The van der Waals surface area contributed by atoms with Crippen LogP contribution in [0.5, 0.6) is 11.5 Å². The number of aliphatic hydroxyl groups excluding tert-OH is 1. The lowest BCUT2D eigenvalue weighted by Crippen LogP contribution is -2.29. The molecule has 0 spiro atoms. The molecule has 1 aliphatic heterocycles. The molecular weight excluding hydrogens is 418 g/mol. The first-order valence-corrected chi connectivity index (χ1v) is 10.7. The molecule has 3 aromatic rings. The van der Waals surface area contributed by atoms with Crippen LogP contribution < -0.4 is 14.4 Å². The summed E-state index contributed by atoms with van der Waals surface area (Å²) in [5, 5.41) is 11.2. The number of ketones is 1. The van der Waals surface area contributed by atoms with Gasteiger partial charge in [-0.15, -0.1) is 0 Å². The Labute approximate surface area is 192 Å². The monoisotopic (exact) mass is 443 g/mol. The van der Waals surface area contributed by atoms with E-state index in [9.17, 15) is 14.7 Å². The third-order valence-corrected chi connectivity index (χ3v) is 5.85. The van der Waals surface area contributed by atoms with Crippen molar-refractivity contribution in [3.8, 4) is 11.5 Å². The van der Waals surface area contributed by atoms with Crippen molar-refractivity contribution >= 4 is 23.1 Å². The summed E-state index contributed by atoms with van der Waals surface area (Å²) in [6.45, 7) is 2.04. The molecule has 1 atom stereocenters. The van der Waals surface area contributed by atoms with E-state index in [1.165, 1.54) is 19.1 Å². The Hall–Kier alpha value is -4.06. The van der Waals surface area contributed by atoms with Gasteiger partial charge in [0, 0.05) is 16.8 Å². The highest BCUT2D eigenvalue weighted by atomic mass is 16.5. The Balaban J connectivity index is 1.99. The first-order chi connectivity index (χ1) is 16.0. The Morgan fingerprint density at radius 2 is 1.64 bits per heavy atom. The van der Waals surface area contributed by atoms with Gasteiger partial charge in [-0.2, -0.15) is 0 Å². The van der Waals surface area contributed by atoms with Crippen LogP contribution in [0.25, 0.3) is 5.76 Å². The van der Waals surface area contributed by atoms with E-state index in [-0.39, 0.29) is 11.3 Å². The zero-order chi connectivity index (χ0) is 23.5. The van der Waals surface area contributed by atoms with Gasteiger partial charge in [0.05, 0.1) is 25.8 Å². The second kappa shape index (κ2) is 9.20. The Bertz CT molecular complexity index is 1220. The van der Waals surface area contributed by atoms with Crippen molar-refractivity contribution in [1.29, 1.82) is 0 Å². The van der Waals surface area contributed by atoms with Crippen molar-refractivity contribution < 1.29 is 24.2 Å². The molecule has 0 aromatic heterocycles. The van der Waals surface area contributed by atoms with Crippen LogP contribution >= 0.6 is 0 Å². The molecule has 1 amide bonds. The Morgan fingerprint density at radius 3 is 2.24 bits per heavy atom. The quantitative estimate of drug-likeness (QED) is 0.333. The van der Waals surface area contributed by atoms with E-state index in [1.807, 2.05) is 37.3 Å². The molecular formula is C27H25NO5. The van der Waals surface area contributed by atoms with Crippen molar-refractivity contribution in [2.45, 2.75) is 19.4 Å². The molecule has 0 saturated carbocycles. The number of anilines is 1. The van der Waals surface area contributed by atoms with Gasteiger partial charge in [-0.1, -0.05) is 49.4 Å². The predicted molar refractivity (Wildman–Crippen MR) is 127 cm³/mol. The lowest BCUT2D eigenvalue weighted by atomic mass is 9.94. The van der Waals surface area contributed by atoms with Crippen molar-refractivity contribution in [2.75, 3.05) is 19.1 Å². The second-order valence-electron chi connectivity index (χ2n) is 7.66. The van der Waals surface area contributed by atoms with Gasteiger partial charge in [-0.05, 0) is 42.3 Å². The van der Waals surface area contributed by atoms with Gasteiger partial charge in [0.1, 0.15) is 17.3 Å². The summed E-state index contributed by atoms with van der Waals surface area (Å²) in [6.07, 6.45) is 0.847. The minimum atomic E-state index is -0.900. The molecule has 1 heterocycles. The predicted octanol–water partition coefficient (Wildman–Crippen LogP) is 4.89. The van der Waals surface area contributed by atoms with Crippen LogP contribution in [0.4, 0.5) is 5.69 Å². The average molecular weight is 443 g/mol. The summed E-state index contributed by atoms with van der Waals surface area (Å²) in [5.41, 5.74) is 2.64. The van der Waals surface area contributed by atoms with Crippen LogP contribution in [0.15, 0.2) is 78.4 Å². The van der Waals surface area contributed by atoms with E-state index >= 15 is 0 Å². The van der Waals surface area contributed by atoms with Crippen LogP contribution in [0.1, 0.15) is 29.7 Å². The van der Waals surface area contributed by atoms with Crippen LogP contribution in [0.2, 0.25) is 0 Å². The standard InChI is InChI=1S/C27H25NO5/c1-4-17-10-12-19(13-11-17)28-24(21-16-20(32-2)14-15-22(21)33-3)23(26(30)27(28)31)25(29)18-8-6-5-7-9-18/h5-16,24,29H,4H2,1-3H3/t24-/m0/s1. The van der Waals surface area contributed by atoms with Gasteiger partial charge in [-0.3, -0.25) is 14.5 Å². The zero-order valence-corrected chi connectivity index (χ0v) is 18.7. The number of nitrogens with zero attached hydrogens (tertiary/aromatic N) is 1. The minimum Gasteiger partial charge on any atom is -0.507 e. The number of amides is 1. The maximum absolute atomic E-state index is 13.3. The highest BCUT2D eigenvalue weighted by molar-refractivity contribution is 6.51. The lowest BCUT2D eigenvalue weighted by molar-refractivity contribution is -0.132. The molecule has 0 bridgehead atoms. The first kappa shape index (κ1) is 22.1. The molecule has 0 unspecified atom stereocenters. The topological polar surface area (TPSA) is 76.1 Å². The molecule has 1 N–H and O–H groups in total. The molecule has 3 aromatic carbocycles. The lowest BCUT2D eigenvalue weighted by Gasteiger charge is -2.27. The summed E-state index contributed by atoms with van der Waals surface area (Å²) in [7, 11) is 3.06. The number of carbonyl (C=O) groups is 2. The van der Waals surface area contributed by atoms with Crippen molar-refractivity contribution in [1.82, 2.24) is 0 Å². The van der Waals surface area contributed by atoms with Gasteiger partial charge in [-0.25, -0.2) is 0 Å². The van der Waals surface area contributed by atoms with Crippen molar-refractivity contribution in [3.63, 3.8) is 0 Å². The van der Waals surface area contributed by atoms with Gasteiger partial charge in [0.2, 0.25) is 0 Å². The van der Waals surface area contributed by atoms with Crippen LogP contribution in [-0.2, 0) is 16.0 Å². The number of rotatable bonds is 6. The number of hydrogen-bond acceptors (Lipinski definition) is 5. The van der Waals surface area contributed by atoms with Crippen molar-refractivity contribution in [2.24, 2.45) is 0 Å². The van der Waals surface area contributed by atoms with E-state index < -0.39 is 17.7 Å². The molecule has 168 valence electrons. The molecule has 0 radical (unpaired) electrons. The van der Waals surface area contributed by atoms with Gasteiger partial charge >= 0.3 is 0 Å². The third-order valence-electron chi connectivity index (χ3n) is 5.85. The smallest absolute Gasteiger partial charge is 0.300 e. The van der Waals surface area contributed by atoms with Crippen LogP contribution in [0.3, 0.4) is 0 Å². The summed E-state index contributed by atoms with van der Waals surface area (Å²) < 4.78 is 11.0. The normalized spacial score (nSPS) is 17.3. The van der Waals surface area contributed by atoms with Gasteiger partial charge in [0.15, 0.2) is 0 Å². The molecule has 4 rings (SSSR count). The molecule has 6 heteroatoms. The van der Waals surface area contributed by atoms with E-state index in [0.717, 1.165) is 12.0 Å². The van der Waals surface area contributed by atoms with E-state index in [2.05, 4.69) is 0 Å². The number of carbonyl (C=O) groups excluding carboxylic acids is 2. The number of ether oxygens (including phenoxy) is 2.